The molecule has 0 radical (unpaired) electrons. The van der Waals surface area contributed by atoms with Crippen LogP contribution in [-0.2, 0) is 16.1 Å². The molecule has 22 heavy (non-hydrogen) atoms. The molecule has 0 aromatic carbocycles. The Morgan fingerprint density at radius 1 is 1.45 bits per heavy atom. The van der Waals surface area contributed by atoms with E-state index >= 15 is 0 Å². The van der Waals surface area contributed by atoms with E-state index in [0.29, 0.717) is 0 Å². The molecule has 1 aromatic rings. The third-order valence-electron chi connectivity index (χ3n) is 5.14. The summed E-state index contributed by atoms with van der Waals surface area (Å²) in [7, 11) is 1.74. The molecule has 6 heteroatoms. The van der Waals surface area contributed by atoms with Crippen molar-refractivity contribution >= 4 is 17.2 Å². The smallest absolute Gasteiger partial charge is 0.224 e. The van der Waals surface area contributed by atoms with Gasteiger partial charge in [-0.15, -0.1) is 11.3 Å². The Bertz CT molecular complexity index is 552. The molecule has 0 bridgehead atoms. The molecular weight excluding hydrogens is 298 g/mol. The highest BCUT2D eigenvalue weighted by Crippen LogP contribution is 2.45. The SMILES string of the molecule is CNC(=O)C1CN(Cc2sc(C)nc2C)CC12CCOCC2. The number of aromatic nitrogens is 1. The first-order valence-electron chi connectivity index (χ1n) is 7.99. The third-order valence-corrected chi connectivity index (χ3v) is 6.19. The van der Waals surface area contributed by atoms with Crippen LogP contribution in [0.5, 0.6) is 0 Å². The molecule has 1 aromatic heterocycles. The van der Waals surface area contributed by atoms with Gasteiger partial charge in [-0.1, -0.05) is 0 Å². The molecule has 1 N–H and O–H groups in total. The lowest BCUT2D eigenvalue weighted by atomic mass is 9.72. The summed E-state index contributed by atoms with van der Waals surface area (Å²) < 4.78 is 5.54. The summed E-state index contributed by atoms with van der Waals surface area (Å²) in [5.41, 5.74) is 1.22. The van der Waals surface area contributed by atoms with Gasteiger partial charge in [0.05, 0.1) is 16.6 Å². The summed E-state index contributed by atoms with van der Waals surface area (Å²) >= 11 is 1.77. The molecule has 5 nitrogen and oxygen atoms in total. The second-order valence-corrected chi connectivity index (χ2v) is 7.84. The van der Waals surface area contributed by atoms with E-state index < -0.39 is 0 Å². The Balaban J connectivity index is 1.77. The lowest BCUT2D eigenvalue weighted by Crippen LogP contribution is -2.43. The number of likely N-dealkylation sites (tertiary alicyclic amines) is 1. The summed E-state index contributed by atoms with van der Waals surface area (Å²) in [5.74, 6) is 0.261. The summed E-state index contributed by atoms with van der Waals surface area (Å²) in [6.07, 6.45) is 1.98. The Hall–Kier alpha value is -0.980. The maximum Gasteiger partial charge on any atom is 0.224 e. The van der Waals surface area contributed by atoms with Gasteiger partial charge in [-0.05, 0) is 26.7 Å². The van der Waals surface area contributed by atoms with Crippen molar-refractivity contribution in [1.29, 1.82) is 0 Å². The number of nitrogens with one attached hydrogen (secondary N) is 1. The number of hydrogen-bond acceptors (Lipinski definition) is 5. The van der Waals surface area contributed by atoms with E-state index in [0.717, 1.165) is 56.4 Å². The van der Waals surface area contributed by atoms with Gasteiger partial charge in [0.15, 0.2) is 0 Å². The number of hydrogen-bond donors (Lipinski definition) is 1. The molecule has 2 aliphatic heterocycles. The van der Waals surface area contributed by atoms with Crippen molar-refractivity contribution in [3.8, 4) is 0 Å². The van der Waals surface area contributed by atoms with Crippen LogP contribution in [0.3, 0.4) is 0 Å². The van der Waals surface area contributed by atoms with Gasteiger partial charge < -0.3 is 10.1 Å². The summed E-state index contributed by atoms with van der Waals surface area (Å²) in [6, 6.07) is 0. The fourth-order valence-corrected chi connectivity index (χ4v) is 4.92. The molecule has 2 aliphatic rings. The fraction of sp³-hybridized carbons (Fsp3) is 0.750. The predicted octanol–water partition coefficient (Wildman–Crippen LogP) is 1.73. The van der Waals surface area contributed by atoms with Gasteiger partial charge in [0, 0.05) is 50.2 Å². The first-order chi connectivity index (χ1) is 10.5. The Morgan fingerprint density at radius 2 is 2.18 bits per heavy atom. The van der Waals surface area contributed by atoms with Crippen molar-refractivity contribution in [3.05, 3.63) is 15.6 Å². The third kappa shape index (κ3) is 2.92. The number of nitrogens with zero attached hydrogens (tertiary/aromatic N) is 2. The zero-order chi connectivity index (χ0) is 15.7. The van der Waals surface area contributed by atoms with Gasteiger partial charge in [0.2, 0.25) is 5.91 Å². The van der Waals surface area contributed by atoms with Crippen molar-refractivity contribution in [2.45, 2.75) is 33.2 Å². The van der Waals surface area contributed by atoms with Crippen LogP contribution in [0.2, 0.25) is 0 Å². The van der Waals surface area contributed by atoms with Crippen molar-refractivity contribution in [1.82, 2.24) is 15.2 Å². The second-order valence-electron chi connectivity index (χ2n) is 6.55. The zero-order valence-electron chi connectivity index (χ0n) is 13.6. The molecule has 0 aliphatic carbocycles. The predicted molar refractivity (Wildman–Crippen MR) is 86.9 cm³/mol. The number of ether oxygens (including phenoxy) is 1. The van der Waals surface area contributed by atoms with Crippen LogP contribution in [0.1, 0.15) is 28.4 Å². The van der Waals surface area contributed by atoms with Crippen LogP contribution in [0, 0.1) is 25.2 Å². The lowest BCUT2D eigenvalue weighted by molar-refractivity contribution is -0.129. The molecule has 122 valence electrons. The molecule has 3 rings (SSSR count). The number of carbonyl (C=O) groups is 1. The Morgan fingerprint density at radius 3 is 2.77 bits per heavy atom. The highest BCUT2D eigenvalue weighted by Gasteiger charge is 2.50. The van der Waals surface area contributed by atoms with E-state index in [4.69, 9.17) is 4.74 Å². The maximum atomic E-state index is 12.4. The molecule has 1 atom stereocenters. The fourth-order valence-electron chi connectivity index (χ4n) is 3.94. The van der Waals surface area contributed by atoms with E-state index in [1.165, 1.54) is 4.88 Å². The average molecular weight is 323 g/mol. The van der Waals surface area contributed by atoms with Gasteiger partial charge in [0.1, 0.15) is 0 Å². The Kier molecular flexibility index (Phi) is 4.52. The average Bonchev–Trinajstić information content (AvgIpc) is 3.00. The first-order valence-corrected chi connectivity index (χ1v) is 8.80. The van der Waals surface area contributed by atoms with E-state index in [1.54, 1.807) is 18.4 Å². The molecule has 1 unspecified atom stereocenters. The van der Waals surface area contributed by atoms with Crippen molar-refractivity contribution in [2.24, 2.45) is 11.3 Å². The summed E-state index contributed by atoms with van der Waals surface area (Å²) in [6.45, 7) is 8.43. The van der Waals surface area contributed by atoms with E-state index in [9.17, 15) is 4.79 Å². The monoisotopic (exact) mass is 323 g/mol. The van der Waals surface area contributed by atoms with Gasteiger partial charge in [-0.3, -0.25) is 9.69 Å². The van der Waals surface area contributed by atoms with Gasteiger partial charge in [0.25, 0.3) is 0 Å². The Labute approximate surface area is 136 Å². The molecule has 1 amide bonds. The van der Waals surface area contributed by atoms with Crippen LogP contribution in [0.15, 0.2) is 0 Å². The molecule has 0 saturated carbocycles. The number of thiazole rings is 1. The van der Waals surface area contributed by atoms with E-state index in [2.05, 4.69) is 29.0 Å². The lowest BCUT2D eigenvalue weighted by Gasteiger charge is -2.37. The molecule has 2 saturated heterocycles. The standard InChI is InChI=1S/C16H25N3O2S/c1-11-14(22-12(2)18-11)9-19-8-13(15(20)17-3)16(10-19)4-6-21-7-5-16/h13H,4-10H2,1-3H3,(H,17,20). The minimum absolute atomic E-state index is 0.0794. The largest absolute Gasteiger partial charge is 0.381 e. The van der Waals surface area contributed by atoms with Gasteiger partial charge in [-0.2, -0.15) is 0 Å². The van der Waals surface area contributed by atoms with Crippen LogP contribution in [0.4, 0.5) is 0 Å². The zero-order valence-corrected chi connectivity index (χ0v) is 14.5. The molecule has 3 heterocycles. The molecule has 1 spiro atoms. The highest BCUT2D eigenvalue weighted by molar-refractivity contribution is 7.11. The van der Waals surface area contributed by atoms with Crippen molar-refractivity contribution in [2.75, 3.05) is 33.4 Å². The van der Waals surface area contributed by atoms with E-state index in [-0.39, 0.29) is 17.2 Å². The second kappa shape index (κ2) is 6.26. The van der Waals surface area contributed by atoms with Crippen LogP contribution in [-0.4, -0.2) is 49.1 Å². The first kappa shape index (κ1) is 15.9. The summed E-state index contributed by atoms with van der Waals surface area (Å²) in [4.78, 5) is 20.7. The van der Waals surface area contributed by atoms with Crippen molar-refractivity contribution in [3.63, 3.8) is 0 Å². The number of carbonyl (C=O) groups excluding carboxylic acids is 1. The topological polar surface area (TPSA) is 54.5 Å². The highest BCUT2D eigenvalue weighted by atomic mass is 32.1. The minimum atomic E-state index is 0.0794. The quantitative estimate of drug-likeness (QED) is 0.920. The normalized spacial score (nSPS) is 24.8. The number of aryl methyl sites for hydroxylation is 2. The van der Waals surface area contributed by atoms with Crippen LogP contribution in [0.25, 0.3) is 0 Å². The van der Waals surface area contributed by atoms with Crippen LogP contribution >= 0.6 is 11.3 Å². The summed E-state index contributed by atoms with van der Waals surface area (Å²) in [5, 5.41) is 3.98. The number of amides is 1. The van der Waals surface area contributed by atoms with Gasteiger partial charge >= 0.3 is 0 Å². The number of rotatable bonds is 3. The molecule has 2 fully saturated rings. The minimum Gasteiger partial charge on any atom is -0.381 e. The van der Waals surface area contributed by atoms with E-state index in [1.807, 2.05) is 0 Å². The maximum absolute atomic E-state index is 12.4. The van der Waals surface area contributed by atoms with Gasteiger partial charge in [-0.25, -0.2) is 4.98 Å². The molecular formula is C16H25N3O2S. The van der Waals surface area contributed by atoms with Crippen molar-refractivity contribution < 1.29 is 9.53 Å². The van der Waals surface area contributed by atoms with Crippen LogP contribution < -0.4 is 5.32 Å².